The molecule has 1 aliphatic rings. The van der Waals surface area contributed by atoms with Gasteiger partial charge in [-0.05, 0) is 61.2 Å². The normalized spacial score (nSPS) is 14.1. The highest BCUT2D eigenvalue weighted by Gasteiger charge is 2.22. The third-order valence-corrected chi connectivity index (χ3v) is 4.83. The van der Waals surface area contributed by atoms with Crippen LogP contribution in [0.15, 0.2) is 54.1 Å². The number of methoxy groups -OCH3 is 1. The average molecular weight is 374 g/mol. The Morgan fingerprint density at radius 1 is 1.21 bits per heavy atom. The second kappa shape index (κ2) is 7.35. The number of anilines is 1. The van der Waals surface area contributed by atoms with Crippen LogP contribution < -0.4 is 10.1 Å². The Morgan fingerprint density at radius 3 is 2.71 bits per heavy atom. The lowest BCUT2D eigenvalue weighted by Gasteiger charge is -2.11. The number of para-hydroxylation sites is 1. The number of hydrogen-bond donors (Lipinski definition) is 2. The van der Waals surface area contributed by atoms with Crippen molar-refractivity contribution in [3.05, 3.63) is 65.2 Å². The maximum atomic E-state index is 13.2. The molecule has 4 rings (SSSR count). The Morgan fingerprint density at radius 2 is 2.00 bits per heavy atom. The summed E-state index contributed by atoms with van der Waals surface area (Å²) in [6.07, 6.45) is 4.04. The van der Waals surface area contributed by atoms with Gasteiger partial charge in [-0.1, -0.05) is 24.3 Å². The Balaban J connectivity index is 1.71. The number of rotatable bonds is 6. The molecule has 1 fully saturated rings. The first kappa shape index (κ1) is 18.0. The lowest BCUT2D eigenvalue weighted by atomic mass is 9.98. The van der Waals surface area contributed by atoms with E-state index in [1.165, 1.54) is 7.11 Å². The molecular weight excluding hydrogens is 352 g/mol. The Bertz CT molecular complexity index is 1080. The Hall–Kier alpha value is -3.34. The third kappa shape index (κ3) is 3.69. The first-order chi connectivity index (χ1) is 13.5. The predicted octanol–water partition coefficient (Wildman–Crippen LogP) is 4.81. The van der Waals surface area contributed by atoms with Crippen LogP contribution >= 0.6 is 0 Å². The summed E-state index contributed by atoms with van der Waals surface area (Å²) in [6.45, 7) is 1.78. The summed E-state index contributed by atoms with van der Waals surface area (Å²) in [5, 5.41) is 14.2. The van der Waals surface area contributed by atoms with Gasteiger partial charge in [0.15, 0.2) is 17.3 Å². The van der Waals surface area contributed by atoms with Crippen LogP contribution in [0.4, 0.5) is 5.82 Å². The molecule has 0 radical (unpaired) electrons. The first-order valence-corrected chi connectivity index (χ1v) is 9.31. The van der Waals surface area contributed by atoms with E-state index >= 15 is 0 Å². The summed E-state index contributed by atoms with van der Waals surface area (Å²) in [5.41, 5.74) is 2.74. The molecule has 1 aromatic heterocycles. The summed E-state index contributed by atoms with van der Waals surface area (Å²) in [5.74, 6) is 1.12. The van der Waals surface area contributed by atoms with E-state index in [1.54, 1.807) is 31.2 Å². The van der Waals surface area contributed by atoms with Gasteiger partial charge in [-0.15, -0.1) is 0 Å². The summed E-state index contributed by atoms with van der Waals surface area (Å²) >= 11 is 0. The minimum atomic E-state index is -0.0623. The van der Waals surface area contributed by atoms with Crippen LogP contribution in [-0.4, -0.2) is 29.0 Å². The number of carbonyl (C=O) groups excluding carboxylic acids is 1. The van der Waals surface area contributed by atoms with Crippen molar-refractivity contribution in [1.29, 1.82) is 0 Å². The zero-order chi connectivity index (χ0) is 19.7. The topological polar surface area (TPSA) is 71.5 Å². The monoisotopic (exact) mass is 374 g/mol. The van der Waals surface area contributed by atoms with E-state index in [0.29, 0.717) is 22.9 Å². The van der Waals surface area contributed by atoms with Gasteiger partial charge in [0.1, 0.15) is 5.82 Å². The maximum Gasteiger partial charge on any atom is 0.189 e. The van der Waals surface area contributed by atoms with Crippen molar-refractivity contribution in [1.82, 2.24) is 4.98 Å². The molecule has 2 aromatic carbocycles. The highest BCUT2D eigenvalue weighted by Crippen LogP contribution is 2.30. The number of carbonyl (C=O) groups is 1. The van der Waals surface area contributed by atoms with Gasteiger partial charge < -0.3 is 15.2 Å². The molecule has 0 atom stereocenters. The van der Waals surface area contributed by atoms with Crippen LogP contribution in [0, 0.1) is 0 Å². The smallest absolute Gasteiger partial charge is 0.189 e. The van der Waals surface area contributed by atoms with E-state index < -0.39 is 0 Å². The lowest BCUT2D eigenvalue weighted by molar-refractivity contribution is 0.103. The third-order valence-electron chi connectivity index (χ3n) is 4.83. The maximum absolute atomic E-state index is 13.2. The molecule has 28 heavy (non-hydrogen) atoms. The fourth-order valence-electron chi connectivity index (χ4n) is 3.20. The molecule has 0 spiro atoms. The number of aromatic hydroxyl groups is 1. The Labute approximate surface area is 163 Å². The summed E-state index contributed by atoms with van der Waals surface area (Å²) in [4.78, 5) is 17.9. The quantitative estimate of drug-likeness (QED) is 0.479. The van der Waals surface area contributed by atoms with E-state index in [0.717, 1.165) is 35.1 Å². The van der Waals surface area contributed by atoms with Gasteiger partial charge in [0, 0.05) is 17.0 Å². The standard InChI is InChI=1S/C23H22N2O3/c1-14(11-15-7-10-21(28-2)20(26)12-15)23(27)18-13-22(24-16-8-9-16)25-19-6-4-3-5-17(18)19/h3-7,10-13,16,26H,8-9H2,1-2H3,(H,24,25)/b14-11+. The number of allylic oxidation sites excluding steroid dienone is 1. The SMILES string of the molecule is COc1ccc(/C=C(\C)C(=O)c2cc(NC3CC3)nc3ccccc23)cc1O. The zero-order valence-corrected chi connectivity index (χ0v) is 15.9. The predicted molar refractivity (Wildman–Crippen MR) is 111 cm³/mol. The van der Waals surface area contributed by atoms with Crippen molar-refractivity contribution in [2.24, 2.45) is 0 Å². The average Bonchev–Trinajstić information content (AvgIpc) is 3.51. The molecule has 0 unspecified atom stereocenters. The van der Waals surface area contributed by atoms with E-state index in [2.05, 4.69) is 10.3 Å². The van der Waals surface area contributed by atoms with Gasteiger partial charge in [0.05, 0.1) is 12.6 Å². The second-order valence-electron chi connectivity index (χ2n) is 7.08. The summed E-state index contributed by atoms with van der Waals surface area (Å²) in [6, 6.07) is 15.0. The van der Waals surface area contributed by atoms with Gasteiger partial charge in [-0.25, -0.2) is 4.98 Å². The molecular formula is C23H22N2O3. The number of nitrogens with one attached hydrogen (secondary N) is 1. The first-order valence-electron chi connectivity index (χ1n) is 9.31. The molecule has 1 saturated carbocycles. The number of hydrogen-bond acceptors (Lipinski definition) is 5. The number of pyridine rings is 1. The van der Waals surface area contributed by atoms with Crippen LogP contribution in [0.5, 0.6) is 11.5 Å². The molecule has 1 aliphatic carbocycles. The van der Waals surface area contributed by atoms with Gasteiger partial charge in [0.25, 0.3) is 0 Å². The molecule has 1 heterocycles. The van der Waals surface area contributed by atoms with E-state index in [9.17, 15) is 9.90 Å². The molecule has 0 amide bonds. The van der Waals surface area contributed by atoms with Crippen molar-refractivity contribution in [3.63, 3.8) is 0 Å². The van der Waals surface area contributed by atoms with Crippen molar-refractivity contribution < 1.29 is 14.6 Å². The van der Waals surface area contributed by atoms with Gasteiger partial charge in [0.2, 0.25) is 0 Å². The van der Waals surface area contributed by atoms with Crippen molar-refractivity contribution in [2.45, 2.75) is 25.8 Å². The van der Waals surface area contributed by atoms with Crippen LogP contribution in [0.25, 0.3) is 17.0 Å². The van der Waals surface area contributed by atoms with Crippen LogP contribution in [-0.2, 0) is 0 Å². The van der Waals surface area contributed by atoms with Crippen molar-refractivity contribution >= 4 is 28.6 Å². The largest absolute Gasteiger partial charge is 0.504 e. The molecule has 5 heteroatoms. The van der Waals surface area contributed by atoms with Crippen LogP contribution in [0.2, 0.25) is 0 Å². The molecule has 0 saturated heterocycles. The van der Waals surface area contributed by atoms with Crippen LogP contribution in [0.3, 0.4) is 0 Å². The van der Waals surface area contributed by atoms with E-state index in [1.807, 2.05) is 30.3 Å². The number of fused-ring (bicyclic) bond motifs is 1. The number of Topliss-reactive ketones (excluding diaryl/α,β-unsaturated/α-hetero) is 1. The summed E-state index contributed by atoms with van der Waals surface area (Å²) < 4.78 is 5.07. The molecule has 0 bridgehead atoms. The Kier molecular flexibility index (Phi) is 4.74. The minimum absolute atomic E-state index is 0.0433. The number of phenolic OH excluding ortho intramolecular Hbond substituents is 1. The lowest BCUT2D eigenvalue weighted by Crippen LogP contribution is -2.07. The number of aromatic nitrogens is 1. The number of nitrogens with zero attached hydrogens (tertiary/aromatic N) is 1. The molecule has 2 N–H and O–H groups in total. The summed E-state index contributed by atoms with van der Waals surface area (Å²) in [7, 11) is 1.50. The van der Waals surface area contributed by atoms with E-state index in [-0.39, 0.29) is 11.5 Å². The fourth-order valence-corrected chi connectivity index (χ4v) is 3.20. The zero-order valence-electron chi connectivity index (χ0n) is 15.9. The second-order valence-corrected chi connectivity index (χ2v) is 7.08. The number of ketones is 1. The molecule has 3 aromatic rings. The fraction of sp³-hybridized carbons (Fsp3) is 0.217. The molecule has 142 valence electrons. The molecule has 5 nitrogen and oxygen atoms in total. The van der Waals surface area contributed by atoms with Crippen LogP contribution in [0.1, 0.15) is 35.7 Å². The van der Waals surface area contributed by atoms with Crippen molar-refractivity contribution in [3.8, 4) is 11.5 Å². The minimum Gasteiger partial charge on any atom is -0.504 e. The number of ether oxygens (including phenoxy) is 1. The highest BCUT2D eigenvalue weighted by molar-refractivity contribution is 6.17. The highest BCUT2D eigenvalue weighted by atomic mass is 16.5. The van der Waals surface area contributed by atoms with Crippen molar-refractivity contribution in [2.75, 3.05) is 12.4 Å². The van der Waals surface area contributed by atoms with E-state index in [4.69, 9.17) is 4.74 Å². The molecule has 0 aliphatic heterocycles. The van der Waals surface area contributed by atoms with Gasteiger partial charge in [-0.3, -0.25) is 4.79 Å². The van der Waals surface area contributed by atoms with Gasteiger partial charge in [-0.2, -0.15) is 0 Å². The number of benzene rings is 2. The van der Waals surface area contributed by atoms with Gasteiger partial charge >= 0.3 is 0 Å². The number of phenols is 1.